The maximum Gasteiger partial charge on any atom is 0.141 e. The van der Waals surface area contributed by atoms with Crippen molar-refractivity contribution < 1.29 is 0 Å². The van der Waals surface area contributed by atoms with Gasteiger partial charge in [0.15, 0.2) is 0 Å². The lowest BCUT2D eigenvalue weighted by atomic mass is 9.98. The third kappa shape index (κ3) is 3.37. The highest BCUT2D eigenvalue weighted by molar-refractivity contribution is 7.27. The molecule has 3 heteroatoms. The second-order valence-corrected chi connectivity index (χ2v) is 11.1. The van der Waals surface area contributed by atoms with E-state index in [9.17, 15) is 0 Å². The van der Waals surface area contributed by atoms with E-state index in [0.29, 0.717) is 0 Å². The van der Waals surface area contributed by atoms with Gasteiger partial charge in [-0.2, -0.15) is 0 Å². The minimum atomic E-state index is 0.977. The number of pyridine rings is 1. The standard InChI is InChI=1S/C36H24N2S/c1-23-29(24-12-4-2-5-13-24)22-30(26-15-6-3-7-16-26)37-36(23)38-31-19-11-10-18-28(31)35-34(38)33-27-17-9-8-14-25(27)20-21-32(33)39-35/h2-22H,1H3. The van der Waals surface area contributed by atoms with E-state index in [1.165, 1.54) is 58.7 Å². The summed E-state index contributed by atoms with van der Waals surface area (Å²) in [7, 11) is 0. The molecular weight excluding hydrogens is 492 g/mol. The third-order valence-electron chi connectivity index (χ3n) is 7.78. The fourth-order valence-electron chi connectivity index (χ4n) is 5.94. The Morgan fingerprint density at radius 3 is 2.10 bits per heavy atom. The summed E-state index contributed by atoms with van der Waals surface area (Å²) < 4.78 is 5.03. The summed E-state index contributed by atoms with van der Waals surface area (Å²) in [6.07, 6.45) is 0. The zero-order valence-electron chi connectivity index (χ0n) is 21.4. The lowest BCUT2D eigenvalue weighted by Gasteiger charge is -2.17. The van der Waals surface area contributed by atoms with Gasteiger partial charge < -0.3 is 0 Å². The number of benzene rings is 5. The average molecular weight is 517 g/mol. The van der Waals surface area contributed by atoms with Gasteiger partial charge in [-0.25, -0.2) is 4.98 Å². The summed E-state index contributed by atoms with van der Waals surface area (Å²) >= 11 is 1.88. The van der Waals surface area contributed by atoms with Crippen LogP contribution in [-0.2, 0) is 0 Å². The molecule has 3 heterocycles. The van der Waals surface area contributed by atoms with E-state index in [0.717, 1.165) is 17.1 Å². The van der Waals surface area contributed by atoms with Crippen molar-refractivity contribution in [2.24, 2.45) is 0 Å². The van der Waals surface area contributed by atoms with E-state index in [2.05, 4.69) is 139 Å². The van der Waals surface area contributed by atoms with Crippen molar-refractivity contribution in [2.75, 3.05) is 0 Å². The lowest BCUT2D eigenvalue weighted by molar-refractivity contribution is 1.06. The van der Waals surface area contributed by atoms with Crippen molar-refractivity contribution in [3.8, 4) is 28.2 Å². The lowest BCUT2D eigenvalue weighted by Crippen LogP contribution is -2.04. The van der Waals surface area contributed by atoms with E-state index >= 15 is 0 Å². The second-order valence-electron chi connectivity index (χ2n) is 10.0. The van der Waals surface area contributed by atoms with Gasteiger partial charge in [0.1, 0.15) is 5.82 Å². The van der Waals surface area contributed by atoms with Crippen molar-refractivity contribution in [1.29, 1.82) is 0 Å². The fraction of sp³-hybridized carbons (Fsp3) is 0.0278. The van der Waals surface area contributed by atoms with Crippen LogP contribution in [0.3, 0.4) is 0 Å². The van der Waals surface area contributed by atoms with Crippen molar-refractivity contribution in [3.63, 3.8) is 0 Å². The molecule has 8 rings (SSSR count). The Morgan fingerprint density at radius 2 is 1.31 bits per heavy atom. The maximum absolute atomic E-state index is 5.41. The maximum atomic E-state index is 5.41. The fourth-order valence-corrected chi connectivity index (χ4v) is 7.17. The topological polar surface area (TPSA) is 17.8 Å². The number of para-hydroxylation sites is 1. The van der Waals surface area contributed by atoms with Crippen molar-refractivity contribution in [3.05, 3.63) is 133 Å². The number of thiophene rings is 1. The van der Waals surface area contributed by atoms with Gasteiger partial charge in [0.2, 0.25) is 0 Å². The van der Waals surface area contributed by atoms with Gasteiger partial charge in [-0.1, -0.05) is 109 Å². The van der Waals surface area contributed by atoms with Crippen LogP contribution in [0, 0.1) is 6.92 Å². The van der Waals surface area contributed by atoms with Crippen LogP contribution in [0.2, 0.25) is 0 Å². The molecule has 0 fully saturated rings. The number of aromatic nitrogens is 2. The van der Waals surface area contributed by atoms with Gasteiger partial charge >= 0.3 is 0 Å². The van der Waals surface area contributed by atoms with Crippen molar-refractivity contribution >= 4 is 53.3 Å². The Kier molecular flexibility index (Phi) is 4.94. The largest absolute Gasteiger partial charge is 0.292 e. The molecule has 0 unspecified atom stereocenters. The highest BCUT2D eigenvalue weighted by Gasteiger charge is 2.22. The molecule has 5 aromatic carbocycles. The third-order valence-corrected chi connectivity index (χ3v) is 8.96. The molecule has 184 valence electrons. The summed E-state index contributed by atoms with van der Waals surface area (Å²) in [5.74, 6) is 0.981. The smallest absolute Gasteiger partial charge is 0.141 e. The molecule has 0 aliphatic heterocycles. The van der Waals surface area contributed by atoms with Gasteiger partial charge in [0.25, 0.3) is 0 Å². The zero-order chi connectivity index (χ0) is 25.9. The minimum Gasteiger partial charge on any atom is -0.292 e. The quantitative estimate of drug-likeness (QED) is 0.228. The Bertz CT molecular complexity index is 2170. The van der Waals surface area contributed by atoms with Crippen LogP contribution in [0.25, 0.3) is 70.2 Å². The minimum absolute atomic E-state index is 0.977. The number of nitrogens with zero attached hydrogens (tertiary/aromatic N) is 2. The second kappa shape index (κ2) is 8.65. The summed E-state index contributed by atoms with van der Waals surface area (Å²) in [5.41, 5.74) is 8.10. The first-order valence-electron chi connectivity index (χ1n) is 13.2. The predicted octanol–water partition coefficient (Wildman–Crippen LogP) is 10.2. The molecule has 0 spiro atoms. The van der Waals surface area contributed by atoms with E-state index in [1.54, 1.807) is 0 Å². The van der Waals surface area contributed by atoms with Gasteiger partial charge in [-0.15, -0.1) is 11.3 Å². The van der Waals surface area contributed by atoms with Crippen LogP contribution in [0.4, 0.5) is 0 Å². The zero-order valence-corrected chi connectivity index (χ0v) is 22.2. The first-order chi connectivity index (χ1) is 19.3. The Balaban J connectivity index is 1.57. The summed E-state index contributed by atoms with van der Waals surface area (Å²) in [6, 6.07) is 45.4. The molecule has 0 saturated heterocycles. The molecule has 2 nitrogen and oxygen atoms in total. The Hall–Kier alpha value is -4.73. The molecule has 8 aromatic rings. The van der Waals surface area contributed by atoms with Gasteiger partial charge in [0.05, 0.1) is 21.4 Å². The molecule has 0 amide bonds. The molecule has 0 radical (unpaired) electrons. The SMILES string of the molecule is Cc1c(-c2ccccc2)cc(-c2ccccc2)nc1-n1c2ccccc2c2sc3ccc4ccccc4c3c21. The highest BCUT2D eigenvalue weighted by atomic mass is 32.1. The summed E-state index contributed by atoms with van der Waals surface area (Å²) in [5, 5.41) is 5.11. The monoisotopic (exact) mass is 516 g/mol. The normalized spacial score (nSPS) is 11.7. The van der Waals surface area contributed by atoms with Gasteiger partial charge in [-0.05, 0) is 47.0 Å². The highest BCUT2D eigenvalue weighted by Crippen LogP contribution is 2.45. The van der Waals surface area contributed by atoms with Crippen molar-refractivity contribution in [2.45, 2.75) is 6.92 Å². The summed E-state index contributed by atoms with van der Waals surface area (Å²) in [4.78, 5) is 5.41. The molecule has 0 N–H and O–H groups in total. The number of fused-ring (bicyclic) bond motifs is 7. The van der Waals surface area contributed by atoms with Gasteiger partial charge in [-0.3, -0.25) is 4.57 Å². The Morgan fingerprint density at radius 1 is 0.641 bits per heavy atom. The molecular formula is C36H24N2S. The molecule has 39 heavy (non-hydrogen) atoms. The molecule has 0 bridgehead atoms. The van der Waals surface area contributed by atoms with Crippen LogP contribution in [0.15, 0.2) is 127 Å². The Labute approximate surface area is 230 Å². The van der Waals surface area contributed by atoms with Crippen LogP contribution in [-0.4, -0.2) is 9.55 Å². The first kappa shape index (κ1) is 22.3. The first-order valence-corrected chi connectivity index (χ1v) is 14.1. The molecule has 0 aliphatic carbocycles. The predicted molar refractivity (Wildman–Crippen MR) is 167 cm³/mol. The molecule has 0 aliphatic rings. The van der Waals surface area contributed by atoms with Crippen LogP contribution >= 0.6 is 11.3 Å². The van der Waals surface area contributed by atoms with E-state index in [1.807, 2.05) is 11.3 Å². The van der Waals surface area contributed by atoms with Gasteiger partial charge in [0, 0.05) is 26.6 Å². The van der Waals surface area contributed by atoms with Crippen LogP contribution < -0.4 is 0 Å². The average Bonchev–Trinajstić information content (AvgIpc) is 3.53. The number of hydrogen-bond acceptors (Lipinski definition) is 2. The molecule has 0 saturated carbocycles. The number of hydrogen-bond donors (Lipinski definition) is 0. The molecule has 3 aromatic heterocycles. The van der Waals surface area contributed by atoms with E-state index < -0.39 is 0 Å². The summed E-state index contributed by atoms with van der Waals surface area (Å²) in [6.45, 7) is 2.21. The van der Waals surface area contributed by atoms with E-state index in [4.69, 9.17) is 4.98 Å². The van der Waals surface area contributed by atoms with Crippen LogP contribution in [0.1, 0.15) is 5.56 Å². The van der Waals surface area contributed by atoms with Crippen LogP contribution in [0.5, 0.6) is 0 Å². The van der Waals surface area contributed by atoms with Crippen molar-refractivity contribution in [1.82, 2.24) is 9.55 Å². The van der Waals surface area contributed by atoms with E-state index in [-0.39, 0.29) is 0 Å². The number of rotatable bonds is 3. The molecule has 0 atom stereocenters.